The maximum absolute atomic E-state index is 12.9. The second-order valence-electron chi connectivity index (χ2n) is 6.48. The normalized spacial score (nSPS) is 13.6. The summed E-state index contributed by atoms with van der Waals surface area (Å²) in [5, 5.41) is 15.0. The minimum Gasteiger partial charge on any atom is -0.478 e. The lowest BCUT2D eigenvalue weighted by Gasteiger charge is -2.12. The fraction of sp³-hybridized carbons (Fsp3) is 0.233. The van der Waals surface area contributed by atoms with Crippen molar-refractivity contribution >= 4 is 35.3 Å². The molecule has 2 aromatic rings. The van der Waals surface area contributed by atoms with E-state index in [-0.39, 0.29) is 16.5 Å². The Kier molecular flexibility index (Phi) is 15.7. The number of halogens is 1. The highest BCUT2D eigenvalue weighted by Gasteiger charge is 2.29. The van der Waals surface area contributed by atoms with E-state index in [0.717, 1.165) is 0 Å². The second-order valence-corrected chi connectivity index (χ2v) is 6.89. The second kappa shape index (κ2) is 17.5. The summed E-state index contributed by atoms with van der Waals surface area (Å²) in [6, 6.07) is 7.99. The molecule has 0 bridgehead atoms. The highest BCUT2D eigenvalue weighted by atomic mass is 35.5. The number of carboxylic acid groups (broad SMARTS) is 1. The minimum absolute atomic E-state index is 0.0193. The molecule has 0 fully saturated rings. The number of aromatic carboxylic acids is 1. The van der Waals surface area contributed by atoms with Gasteiger partial charge in [-0.05, 0) is 55.5 Å². The van der Waals surface area contributed by atoms with Crippen molar-refractivity contribution in [1.82, 2.24) is 5.01 Å². The predicted molar refractivity (Wildman–Crippen MR) is 156 cm³/mol. The third-order valence-corrected chi connectivity index (χ3v) is 4.72. The molecule has 1 N–H and O–H groups in total. The van der Waals surface area contributed by atoms with E-state index in [2.05, 4.69) is 18.3 Å². The predicted octanol–water partition coefficient (Wildman–Crippen LogP) is 8.79. The van der Waals surface area contributed by atoms with Gasteiger partial charge in [-0.3, -0.25) is 4.79 Å². The molecule has 0 atom stereocenters. The maximum atomic E-state index is 12.9. The zero-order valence-corrected chi connectivity index (χ0v) is 23.5. The van der Waals surface area contributed by atoms with E-state index in [9.17, 15) is 14.7 Å². The number of benzene rings is 1. The van der Waals surface area contributed by atoms with Crippen molar-refractivity contribution in [2.45, 2.75) is 48.5 Å². The molecule has 37 heavy (non-hydrogen) atoms. The lowest BCUT2D eigenvalue weighted by Crippen LogP contribution is -2.20. The number of carboxylic acids is 1. The van der Waals surface area contributed by atoms with E-state index in [1.54, 1.807) is 61.6 Å². The Bertz CT molecular complexity index is 1200. The standard InChI is InChI=1S/C24H19ClN2O4.3C2H6/c1-4-6-8-17(7-5-2)27-23(28)19(15(3)26-27)14-18-10-12-22(31-18)16-9-11-21(25)20(13-16)24(29)30;3*1-2/h4-14H,1-2H2,3H3,(H,29,30);3*1-2H3/b8-6-,17-7+,19-14-;;;. The summed E-state index contributed by atoms with van der Waals surface area (Å²) in [5.74, 6) is -0.559. The van der Waals surface area contributed by atoms with E-state index >= 15 is 0 Å². The van der Waals surface area contributed by atoms with Crippen LogP contribution in [-0.4, -0.2) is 27.7 Å². The number of carbonyl (C=O) groups is 2. The van der Waals surface area contributed by atoms with E-state index in [0.29, 0.717) is 34.1 Å². The Balaban J connectivity index is 0.00000201. The molecule has 0 radical (unpaired) electrons. The van der Waals surface area contributed by atoms with Crippen LogP contribution in [0.1, 0.15) is 64.6 Å². The zero-order chi connectivity index (χ0) is 28.5. The monoisotopic (exact) mass is 524 g/mol. The van der Waals surface area contributed by atoms with Gasteiger partial charge in [-0.2, -0.15) is 10.1 Å². The van der Waals surface area contributed by atoms with Gasteiger partial charge in [-0.25, -0.2) is 4.79 Å². The summed E-state index contributed by atoms with van der Waals surface area (Å²) < 4.78 is 5.81. The van der Waals surface area contributed by atoms with E-state index in [4.69, 9.17) is 16.0 Å². The highest BCUT2D eigenvalue weighted by Crippen LogP contribution is 2.29. The molecular weight excluding hydrogens is 488 g/mol. The molecule has 0 saturated heterocycles. The molecule has 7 heteroatoms. The van der Waals surface area contributed by atoms with Crippen molar-refractivity contribution in [3.05, 3.63) is 101 Å². The van der Waals surface area contributed by atoms with Gasteiger partial charge in [-0.1, -0.05) is 84.5 Å². The van der Waals surface area contributed by atoms with Crippen LogP contribution in [0.15, 0.2) is 94.7 Å². The quantitative estimate of drug-likeness (QED) is 0.289. The van der Waals surface area contributed by atoms with Gasteiger partial charge in [0.1, 0.15) is 11.5 Å². The van der Waals surface area contributed by atoms with Crippen LogP contribution in [0, 0.1) is 0 Å². The van der Waals surface area contributed by atoms with E-state index in [1.165, 1.54) is 17.1 Å². The molecule has 1 aliphatic heterocycles. The molecule has 3 rings (SSSR count). The number of allylic oxidation sites excluding steroid dienone is 5. The van der Waals surface area contributed by atoms with Crippen molar-refractivity contribution in [3.8, 4) is 11.3 Å². The van der Waals surface area contributed by atoms with Crippen LogP contribution in [0.25, 0.3) is 17.4 Å². The first-order valence-electron chi connectivity index (χ1n) is 12.2. The third-order valence-electron chi connectivity index (χ3n) is 4.39. The van der Waals surface area contributed by atoms with Crippen molar-refractivity contribution in [3.63, 3.8) is 0 Å². The van der Waals surface area contributed by atoms with Crippen LogP contribution in [0.2, 0.25) is 5.02 Å². The molecule has 1 aromatic carbocycles. The summed E-state index contributed by atoms with van der Waals surface area (Å²) >= 11 is 5.93. The lowest BCUT2D eigenvalue weighted by atomic mass is 10.1. The number of nitrogens with zero attached hydrogens (tertiary/aromatic N) is 2. The summed E-state index contributed by atoms with van der Waals surface area (Å²) in [5.41, 5.74) is 2.00. The van der Waals surface area contributed by atoms with E-state index < -0.39 is 5.97 Å². The fourth-order valence-corrected chi connectivity index (χ4v) is 3.11. The Morgan fingerprint density at radius 2 is 1.70 bits per heavy atom. The number of hydrogen-bond donors (Lipinski definition) is 1. The van der Waals surface area contributed by atoms with Crippen LogP contribution in [0.3, 0.4) is 0 Å². The highest BCUT2D eigenvalue weighted by molar-refractivity contribution is 6.33. The minimum atomic E-state index is -1.13. The van der Waals surface area contributed by atoms with Crippen LogP contribution in [0.4, 0.5) is 0 Å². The van der Waals surface area contributed by atoms with Gasteiger partial charge in [-0.15, -0.1) is 0 Å². The topological polar surface area (TPSA) is 83.1 Å². The van der Waals surface area contributed by atoms with Crippen LogP contribution in [-0.2, 0) is 4.79 Å². The number of hydrazone groups is 1. The molecule has 2 heterocycles. The Hall–Kier alpha value is -3.90. The molecule has 198 valence electrons. The van der Waals surface area contributed by atoms with Gasteiger partial charge >= 0.3 is 5.97 Å². The first-order valence-corrected chi connectivity index (χ1v) is 12.6. The molecule has 1 aliphatic rings. The van der Waals surface area contributed by atoms with Crippen LogP contribution >= 0.6 is 11.6 Å². The number of carbonyl (C=O) groups excluding carboxylic acids is 1. The average Bonchev–Trinajstić information content (AvgIpc) is 3.50. The summed E-state index contributed by atoms with van der Waals surface area (Å²) in [7, 11) is 0. The van der Waals surface area contributed by atoms with Crippen LogP contribution < -0.4 is 0 Å². The van der Waals surface area contributed by atoms with Gasteiger partial charge in [0.15, 0.2) is 0 Å². The van der Waals surface area contributed by atoms with Gasteiger partial charge in [0, 0.05) is 5.56 Å². The fourth-order valence-electron chi connectivity index (χ4n) is 2.91. The first-order chi connectivity index (χ1) is 17.8. The van der Waals surface area contributed by atoms with Crippen molar-refractivity contribution in [2.24, 2.45) is 5.10 Å². The number of amides is 1. The molecule has 1 aromatic heterocycles. The SMILES string of the molecule is C=C/C=C\C(=C/C=C)N1N=C(C)/C(=C/c2ccc(-c3ccc(Cl)c(C(=O)O)c3)o2)C1=O.CC.CC.CC. The molecule has 0 aliphatic carbocycles. The Morgan fingerprint density at radius 3 is 2.27 bits per heavy atom. The third kappa shape index (κ3) is 8.92. The van der Waals surface area contributed by atoms with E-state index in [1.807, 2.05) is 41.5 Å². The molecule has 0 saturated carbocycles. The maximum Gasteiger partial charge on any atom is 0.337 e. The Morgan fingerprint density at radius 1 is 1.05 bits per heavy atom. The number of hydrogen-bond acceptors (Lipinski definition) is 4. The molecule has 0 spiro atoms. The van der Waals surface area contributed by atoms with Crippen molar-refractivity contribution < 1.29 is 19.1 Å². The van der Waals surface area contributed by atoms with Crippen molar-refractivity contribution in [1.29, 1.82) is 0 Å². The summed E-state index contributed by atoms with van der Waals surface area (Å²) in [6.07, 6.45) is 9.84. The average molecular weight is 525 g/mol. The summed E-state index contributed by atoms with van der Waals surface area (Å²) in [4.78, 5) is 24.2. The van der Waals surface area contributed by atoms with Gasteiger partial charge in [0.25, 0.3) is 5.91 Å². The summed E-state index contributed by atoms with van der Waals surface area (Å²) in [6.45, 7) is 21.0. The number of furan rings is 1. The first kappa shape index (κ1) is 33.1. The molecular formula is C30H37ClN2O4. The smallest absolute Gasteiger partial charge is 0.337 e. The van der Waals surface area contributed by atoms with Gasteiger partial charge in [0.2, 0.25) is 0 Å². The molecule has 0 unspecified atom stereocenters. The van der Waals surface area contributed by atoms with Crippen LogP contribution in [0.5, 0.6) is 0 Å². The molecule has 1 amide bonds. The van der Waals surface area contributed by atoms with Crippen molar-refractivity contribution in [2.75, 3.05) is 0 Å². The van der Waals surface area contributed by atoms with Gasteiger partial charge < -0.3 is 9.52 Å². The molecule has 6 nitrogen and oxygen atoms in total. The lowest BCUT2D eigenvalue weighted by molar-refractivity contribution is -0.123. The Labute approximate surface area is 225 Å². The van der Waals surface area contributed by atoms with Gasteiger partial charge in [0.05, 0.1) is 27.6 Å². The largest absolute Gasteiger partial charge is 0.478 e. The zero-order valence-electron chi connectivity index (χ0n) is 22.7. The number of rotatable bonds is 7.